The van der Waals surface area contributed by atoms with E-state index in [1.807, 2.05) is 0 Å². The van der Waals surface area contributed by atoms with Crippen LogP contribution >= 0.6 is 11.6 Å². The summed E-state index contributed by atoms with van der Waals surface area (Å²) in [6.45, 7) is -0.202. The van der Waals surface area contributed by atoms with Crippen molar-refractivity contribution in [2.24, 2.45) is 5.73 Å². The van der Waals surface area contributed by atoms with Crippen molar-refractivity contribution in [3.05, 3.63) is 28.0 Å². The summed E-state index contributed by atoms with van der Waals surface area (Å²) in [6.07, 6.45) is -3.24. The lowest BCUT2D eigenvalue weighted by molar-refractivity contribution is -0.136. The fourth-order valence-corrected chi connectivity index (χ4v) is 1.55. The number of nitrogens with zero attached hydrogens (tertiary/aromatic N) is 1. The predicted molar refractivity (Wildman–Crippen MR) is 53.4 cm³/mol. The summed E-state index contributed by atoms with van der Waals surface area (Å²) in [5.74, 6) is -1.18. The van der Waals surface area contributed by atoms with Crippen LogP contribution in [0.25, 0.3) is 0 Å². The number of carbonyl (C=O) groups is 1. The first-order valence-corrected chi connectivity index (χ1v) is 4.71. The zero-order valence-electron chi connectivity index (χ0n) is 8.08. The number of nitrogens with two attached hydrogens (primary N) is 1. The van der Waals surface area contributed by atoms with Crippen LogP contribution in [0.3, 0.4) is 0 Å². The van der Waals surface area contributed by atoms with Gasteiger partial charge in [0.15, 0.2) is 0 Å². The molecule has 4 nitrogen and oxygen atoms in total. The SMILES string of the molecule is NCc1c(C(F)F)cc(Cl)nc1CC(=O)O. The fraction of sp³-hybridized carbons (Fsp3) is 0.333. The minimum Gasteiger partial charge on any atom is -0.481 e. The van der Waals surface area contributed by atoms with Gasteiger partial charge in [-0.05, 0) is 11.6 Å². The van der Waals surface area contributed by atoms with Crippen LogP contribution in [-0.4, -0.2) is 16.1 Å². The Morgan fingerprint density at radius 2 is 2.25 bits per heavy atom. The molecule has 0 aromatic carbocycles. The minimum atomic E-state index is -2.76. The maximum Gasteiger partial charge on any atom is 0.309 e. The lowest BCUT2D eigenvalue weighted by atomic mass is 10.0. The fourth-order valence-electron chi connectivity index (χ4n) is 1.33. The van der Waals surface area contributed by atoms with E-state index < -0.39 is 18.8 Å². The molecule has 0 spiro atoms. The van der Waals surface area contributed by atoms with Crippen LogP contribution in [-0.2, 0) is 17.8 Å². The number of hydrogen-bond donors (Lipinski definition) is 2. The van der Waals surface area contributed by atoms with E-state index in [1.165, 1.54) is 0 Å². The van der Waals surface area contributed by atoms with Gasteiger partial charge in [0.1, 0.15) is 5.15 Å². The van der Waals surface area contributed by atoms with Crippen molar-refractivity contribution >= 4 is 17.6 Å². The molecule has 0 aliphatic rings. The van der Waals surface area contributed by atoms with Crippen molar-refractivity contribution in [2.75, 3.05) is 0 Å². The second-order valence-corrected chi connectivity index (χ2v) is 3.42. The molecule has 0 saturated carbocycles. The van der Waals surface area contributed by atoms with Crippen molar-refractivity contribution in [2.45, 2.75) is 19.4 Å². The van der Waals surface area contributed by atoms with Crippen molar-refractivity contribution in [1.82, 2.24) is 4.98 Å². The molecule has 88 valence electrons. The maximum atomic E-state index is 12.6. The summed E-state index contributed by atoms with van der Waals surface area (Å²) in [7, 11) is 0. The highest BCUT2D eigenvalue weighted by molar-refractivity contribution is 6.29. The van der Waals surface area contributed by atoms with Gasteiger partial charge in [0.25, 0.3) is 6.43 Å². The van der Waals surface area contributed by atoms with Gasteiger partial charge < -0.3 is 10.8 Å². The Hall–Kier alpha value is -1.27. The molecule has 16 heavy (non-hydrogen) atoms. The van der Waals surface area contributed by atoms with E-state index in [0.717, 1.165) is 6.07 Å². The van der Waals surface area contributed by atoms with Gasteiger partial charge in [0, 0.05) is 12.1 Å². The zero-order valence-corrected chi connectivity index (χ0v) is 8.84. The van der Waals surface area contributed by atoms with E-state index in [4.69, 9.17) is 22.4 Å². The van der Waals surface area contributed by atoms with Crippen LogP contribution in [0.2, 0.25) is 5.15 Å². The number of hydrogen-bond acceptors (Lipinski definition) is 3. The van der Waals surface area contributed by atoms with E-state index in [2.05, 4.69) is 4.98 Å². The Labute approximate surface area is 95.0 Å². The summed E-state index contributed by atoms with van der Waals surface area (Å²) >= 11 is 5.53. The third kappa shape index (κ3) is 2.86. The van der Waals surface area contributed by atoms with Gasteiger partial charge in [-0.2, -0.15) is 0 Å². The number of carboxylic acids is 1. The molecule has 1 rings (SSSR count). The van der Waals surface area contributed by atoms with E-state index in [-0.39, 0.29) is 28.5 Å². The summed E-state index contributed by atoms with van der Waals surface area (Å²) < 4.78 is 25.2. The Kier molecular flexibility index (Phi) is 4.14. The lowest BCUT2D eigenvalue weighted by Crippen LogP contribution is -2.12. The highest BCUT2D eigenvalue weighted by Crippen LogP contribution is 2.27. The van der Waals surface area contributed by atoms with Crippen LogP contribution in [0.15, 0.2) is 6.07 Å². The van der Waals surface area contributed by atoms with Crippen molar-refractivity contribution < 1.29 is 18.7 Å². The molecule has 0 radical (unpaired) electrons. The Morgan fingerprint density at radius 1 is 1.62 bits per heavy atom. The van der Waals surface area contributed by atoms with Gasteiger partial charge in [-0.25, -0.2) is 13.8 Å². The number of aliphatic carboxylic acids is 1. The number of rotatable bonds is 4. The van der Waals surface area contributed by atoms with E-state index >= 15 is 0 Å². The largest absolute Gasteiger partial charge is 0.481 e. The Bertz CT molecular complexity index is 413. The number of halogens is 3. The van der Waals surface area contributed by atoms with Crippen molar-refractivity contribution in [1.29, 1.82) is 0 Å². The molecule has 7 heteroatoms. The van der Waals surface area contributed by atoms with Gasteiger partial charge in [-0.15, -0.1) is 0 Å². The van der Waals surface area contributed by atoms with Gasteiger partial charge in [0.05, 0.1) is 12.1 Å². The molecule has 0 unspecified atom stereocenters. The molecule has 0 aliphatic carbocycles. The lowest BCUT2D eigenvalue weighted by Gasteiger charge is -2.11. The van der Waals surface area contributed by atoms with Gasteiger partial charge in [-0.1, -0.05) is 11.6 Å². The molecule has 0 atom stereocenters. The van der Waals surface area contributed by atoms with Crippen molar-refractivity contribution in [3.8, 4) is 0 Å². The van der Waals surface area contributed by atoms with Crippen LogP contribution in [0.5, 0.6) is 0 Å². The quantitative estimate of drug-likeness (QED) is 0.799. The molecular formula is C9H9ClF2N2O2. The smallest absolute Gasteiger partial charge is 0.309 e. The van der Waals surface area contributed by atoms with Crippen LogP contribution < -0.4 is 5.73 Å². The van der Waals surface area contributed by atoms with Gasteiger partial charge >= 0.3 is 5.97 Å². The zero-order chi connectivity index (χ0) is 12.3. The second kappa shape index (κ2) is 5.18. The molecule has 1 aromatic heterocycles. The average molecular weight is 251 g/mol. The maximum absolute atomic E-state index is 12.6. The molecule has 3 N–H and O–H groups in total. The molecule has 1 aromatic rings. The summed E-state index contributed by atoms with van der Waals surface area (Å²) in [6, 6.07) is 1.000. The molecule has 1 heterocycles. The van der Waals surface area contributed by atoms with Crippen molar-refractivity contribution in [3.63, 3.8) is 0 Å². The molecule has 0 aliphatic heterocycles. The van der Waals surface area contributed by atoms with E-state index in [0.29, 0.717) is 0 Å². The monoisotopic (exact) mass is 250 g/mol. The number of carboxylic acid groups (broad SMARTS) is 1. The highest BCUT2D eigenvalue weighted by atomic mass is 35.5. The topological polar surface area (TPSA) is 76.2 Å². The normalized spacial score (nSPS) is 10.8. The Balaban J connectivity index is 3.29. The predicted octanol–water partition coefficient (Wildman–Crippen LogP) is 1.76. The number of aromatic nitrogens is 1. The summed E-state index contributed by atoms with van der Waals surface area (Å²) in [5.41, 5.74) is 4.97. The number of alkyl halides is 2. The molecule has 0 fully saturated rings. The summed E-state index contributed by atoms with van der Waals surface area (Å²) in [4.78, 5) is 14.2. The minimum absolute atomic E-state index is 0.0159. The molecule has 0 bridgehead atoms. The third-order valence-electron chi connectivity index (χ3n) is 1.97. The van der Waals surface area contributed by atoms with E-state index in [1.54, 1.807) is 0 Å². The van der Waals surface area contributed by atoms with Gasteiger partial charge in [-0.3, -0.25) is 4.79 Å². The highest BCUT2D eigenvalue weighted by Gasteiger charge is 2.19. The first kappa shape index (κ1) is 12.8. The Morgan fingerprint density at radius 3 is 2.69 bits per heavy atom. The standard InChI is InChI=1S/C9H9ClF2N2O2/c10-7-1-4(9(11)12)5(3-13)6(14-7)2-8(15)16/h1,9H,2-3,13H2,(H,15,16). The molecule has 0 saturated heterocycles. The first-order chi connectivity index (χ1) is 7.45. The van der Waals surface area contributed by atoms with Crippen LogP contribution in [0.4, 0.5) is 8.78 Å². The molecule has 0 amide bonds. The molecular weight excluding hydrogens is 242 g/mol. The summed E-state index contributed by atoms with van der Waals surface area (Å²) in [5, 5.41) is 8.43. The van der Waals surface area contributed by atoms with Crippen LogP contribution in [0.1, 0.15) is 23.2 Å². The third-order valence-corrected chi connectivity index (χ3v) is 2.16. The number of pyridine rings is 1. The average Bonchev–Trinajstić information content (AvgIpc) is 2.15. The first-order valence-electron chi connectivity index (χ1n) is 4.34. The van der Waals surface area contributed by atoms with Crippen LogP contribution in [0, 0.1) is 0 Å². The van der Waals surface area contributed by atoms with E-state index in [9.17, 15) is 13.6 Å². The second-order valence-electron chi connectivity index (χ2n) is 3.03. The van der Waals surface area contributed by atoms with Gasteiger partial charge in [0.2, 0.25) is 0 Å².